The molecule has 1 N–H and O–H groups in total. The fraction of sp³-hybridized carbons (Fsp3) is 0.423. The Labute approximate surface area is 205 Å². The van der Waals surface area contributed by atoms with Crippen molar-refractivity contribution in [1.82, 2.24) is 19.4 Å². The highest BCUT2D eigenvalue weighted by Gasteiger charge is 2.32. The number of halogens is 1. The summed E-state index contributed by atoms with van der Waals surface area (Å²) in [6.45, 7) is 10.9. The van der Waals surface area contributed by atoms with Crippen molar-refractivity contribution in [3.05, 3.63) is 59.7 Å². The summed E-state index contributed by atoms with van der Waals surface area (Å²) in [7, 11) is 1.77. The minimum Gasteiger partial charge on any atom is -0.444 e. The number of amides is 1. The molecule has 1 amide bonds. The normalized spacial score (nSPS) is 15.9. The van der Waals surface area contributed by atoms with Gasteiger partial charge in [0.15, 0.2) is 0 Å². The Balaban J connectivity index is 1.63. The number of carbonyl (C=O) groups is 1. The van der Waals surface area contributed by atoms with Crippen LogP contribution in [0, 0.1) is 19.7 Å². The second-order valence-electron chi connectivity index (χ2n) is 9.95. The van der Waals surface area contributed by atoms with Gasteiger partial charge < -0.3 is 19.9 Å². The van der Waals surface area contributed by atoms with Crippen LogP contribution in [0.15, 0.2) is 42.5 Å². The average Bonchev–Trinajstić information content (AvgIpc) is 3.40. The first-order valence-electron chi connectivity index (χ1n) is 11.8. The molecule has 3 aromatic rings. The van der Waals surface area contributed by atoms with Crippen molar-refractivity contribution in [1.29, 1.82) is 0 Å². The van der Waals surface area contributed by atoms with Crippen LogP contribution in [0.2, 0.25) is 0 Å². The average molecular weight is 481 g/mol. The largest absolute Gasteiger partial charge is 0.444 e. The van der Waals surface area contributed by atoms with Gasteiger partial charge in [-0.2, -0.15) is 9.97 Å². The van der Waals surface area contributed by atoms with E-state index < -0.39 is 5.60 Å². The summed E-state index contributed by atoms with van der Waals surface area (Å²) in [6, 6.07) is 12.3. The van der Waals surface area contributed by atoms with Gasteiger partial charge in [-0.3, -0.25) is 4.57 Å². The van der Waals surface area contributed by atoms with Crippen LogP contribution in [0.5, 0.6) is 0 Å². The topological polar surface area (TPSA) is 75.5 Å². The van der Waals surface area contributed by atoms with E-state index in [-0.39, 0.29) is 18.0 Å². The van der Waals surface area contributed by atoms with Gasteiger partial charge in [0.1, 0.15) is 23.1 Å². The van der Waals surface area contributed by atoms with E-state index in [2.05, 4.69) is 10.2 Å². The minimum atomic E-state index is -0.551. The van der Waals surface area contributed by atoms with Crippen molar-refractivity contribution in [3.8, 4) is 5.95 Å². The van der Waals surface area contributed by atoms with Crippen LogP contribution >= 0.6 is 0 Å². The molecule has 1 aliphatic heterocycles. The third-order valence-corrected chi connectivity index (χ3v) is 6.03. The quantitative estimate of drug-likeness (QED) is 0.540. The highest BCUT2D eigenvalue weighted by molar-refractivity contribution is 5.68. The molecule has 35 heavy (non-hydrogen) atoms. The van der Waals surface area contributed by atoms with E-state index in [1.807, 2.05) is 57.4 Å². The molecule has 0 unspecified atom stereocenters. The van der Waals surface area contributed by atoms with Crippen molar-refractivity contribution in [2.75, 3.05) is 30.4 Å². The van der Waals surface area contributed by atoms with Gasteiger partial charge in [-0.25, -0.2) is 9.18 Å². The summed E-state index contributed by atoms with van der Waals surface area (Å²) in [5.41, 5.74) is 1.79. The van der Waals surface area contributed by atoms with Crippen LogP contribution in [0.3, 0.4) is 0 Å². The van der Waals surface area contributed by atoms with Crippen LogP contribution in [0.4, 0.5) is 26.5 Å². The molecule has 4 rings (SSSR count). The van der Waals surface area contributed by atoms with Gasteiger partial charge in [0.05, 0.1) is 11.7 Å². The molecule has 0 radical (unpaired) electrons. The smallest absolute Gasteiger partial charge is 0.410 e. The SMILES string of the molecule is Cc1ccc(C)n1-c1nc(Nc2ccccc2F)cc(N2CC[C@@H](N(C)C(=O)OC(C)(C)C)C2)n1. The molecule has 9 heteroatoms. The summed E-state index contributed by atoms with van der Waals surface area (Å²) in [6.07, 6.45) is 0.445. The number of hydrogen-bond acceptors (Lipinski definition) is 6. The van der Waals surface area contributed by atoms with Crippen LogP contribution in [-0.2, 0) is 4.74 Å². The minimum absolute atomic E-state index is 0.0127. The molecule has 186 valence electrons. The molecule has 1 aliphatic rings. The molecule has 0 saturated carbocycles. The number of rotatable bonds is 5. The number of benzene rings is 1. The van der Waals surface area contributed by atoms with E-state index in [0.29, 0.717) is 29.8 Å². The fourth-order valence-electron chi connectivity index (χ4n) is 4.18. The number of ether oxygens (including phenoxy) is 1. The van der Waals surface area contributed by atoms with Gasteiger partial charge in [0.25, 0.3) is 0 Å². The predicted molar refractivity (Wildman–Crippen MR) is 135 cm³/mol. The van der Waals surface area contributed by atoms with E-state index in [1.54, 1.807) is 30.1 Å². The Morgan fingerprint density at radius 2 is 1.83 bits per heavy atom. The first kappa shape index (κ1) is 24.5. The first-order chi connectivity index (χ1) is 16.5. The summed E-state index contributed by atoms with van der Waals surface area (Å²) < 4.78 is 21.8. The van der Waals surface area contributed by atoms with Gasteiger partial charge in [0, 0.05) is 37.6 Å². The number of carbonyl (C=O) groups excluding carboxylic acids is 1. The molecule has 1 aromatic carbocycles. The van der Waals surface area contributed by atoms with Crippen LogP contribution < -0.4 is 10.2 Å². The molecule has 3 heterocycles. The summed E-state index contributed by atoms with van der Waals surface area (Å²) >= 11 is 0. The molecule has 1 fully saturated rings. The number of likely N-dealkylation sites (N-methyl/N-ethyl adjacent to an activating group) is 1. The van der Waals surface area contributed by atoms with E-state index in [0.717, 1.165) is 24.4 Å². The molecule has 1 atom stereocenters. The van der Waals surface area contributed by atoms with Gasteiger partial charge in [-0.15, -0.1) is 0 Å². The highest BCUT2D eigenvalue weighted by atomic mass is 19.1. The molecule has 0 aliphatic carbocycles. The fourth-order valence-corrected chi connectivity index (χ4v) is 4.18. The second-order valence-corrected chi connectivity index (χ2v) is 9.95. The maximum absolute atomic E-state index is 14.3. The van der Waals surface area contributed by atoms with Crippen LogP contribution in [-0.4, -0.2) is 57.3 Å². The Kier molecular flexibility index (Phi) is 6.69. The zero-order valence-electron chi connectivity index (χ0n) is 21.2. The number of aromatic nitrogens is 3. The Morgan fingerprint density at radius 3 is 2.49 bits per heavy atom. The maximum atomic E-state index is 14.3. The summed E-state index contributed by atoms with van der Waals surface area (Å²) in [4.78, 5) is 25.9. The third-order valence-electron chi connectivity index (χ3n) is 6.03. The zero-order valence-corrected chi connectivity index (χ0v) is 21.2. The van der Waals surface area contributed by atoms with Gasteiger partial charge in [0.2, 0.25) is 5.95 Å². The third kappa shape index (κ3) is 5.55. The molecular formula is C26H33FN6O2. The second kappa shape index (κ2) is 9.56. The molecule has 1 saturated heterocycles. The Bertz CT molecular complexity index is 1200. The maximum Gasteiger partial charge on any atom is 0.410 e. The van der Waals surface area contributed by atoms with Gasteiger partial charge in [-0.1, -0.05) is 12.1 Å². The van der Waals surface area contributed by atoms with Crippen LogP contribution in [0.1, 0.15) is 38.6 Å². The van der Waals surface area contributed by atoms with Crippen molar-refractivity contribution in [2.24, 2.45) is 0 Å². The molecular weight excluding hydrogens is 447 g/mol. The summed E-state index contributed by atoms with van der Waals surface area (Å²) in [5, 5.41) is 3.10. The number of anilines is 3. The first-order valence-corrected chi connectivity index (χ1v) is 11.8. The van der Waals surface area contributed by atoms with E-state index in [4.69, 9.17) is 14.7 Å². The van der Waals surface area contributed by atoms with E-state index in [1.165, 1.54) is 6.07 Å². The molecule has 0 bridgehead atoms. The van der Waals surface area contributed by atoms with Crippen molar-refractivity contribution in [2.45, 2.75) is 52.7 Å². The Hall–Kier alpha value is -3.62. The number of nitrogens with one attached hydrogen (secondary N) is 1. The standard InChI is InChI=1S/C26H33FN6O2/c1-17-11-12-18(2)33(17)24-29-22(28-21-10-8-7-9-20(21)27)15-23(30-24)32-14-13-19(16-32)31(6)25(34)35-26(3,4)5/h7-12,15,19H,13-14,16H2,1-6H3,(H,28,29,30)/t19-/m1/s1. The van der Waals surface area contributed by atoms with Crippen molar-refractivity contribution < 1.29 is 13.9 Å². The zero-order chi connectivity index (χ0) is 25.3. The van der Waals surface area contributed by atoms with E-state index in [9.17, 15) is 9.18 Å². The lowest BCUT2D eigenvalue weighted by atomic mass is 10.2. The van der Waals surface area contributed by atoms with Crippen molar-refractivity contribution >= 4 is 23.4 Å². The summed E-state index contributed by atoms with van der Waals surface area (Å²) in [5.74, 6) is 1.35. The lowest BCUT2D eigenvalue weighted by molar-refractivity contribution is 0.0238. The molecule has 8 nitrogen and oxygen atoms in total. The monoisotopic (exact) mass is 480 g/mol. The molecule has 0 spiro atoms. The predicted octanol–water partition coefficient (Wildman–Crippen LogP) is 5.21. The van der Waals surface area contributed by atoms with E-state index >= 15 is 0 Å². The number of hydrogen-bond donors (Lipinski definition) is 1. The van der Waals surface area contributed by atoms with Crippen molar-refractivity contribution in [3.63, 3.8) is 0 Å². The van der Waals surface area contributed by atoms with Crippen LogP contribution in [0.25, 0.3) is 5.95 Å². The number of aryl methyl sites for hydroxylation is 2. The lowest BCUT2D eigenvalue weighted by Crippen LogP contribution is -2.42. The van der Waals surface area contributed by atoms with Gasteiger partial charge >= 0.3 is 6.09 Å². The van der Waals surface area contributed by atoms with Gasteiger partial charge in [-0.05, 0) is 65.3 Å². The number of para-hydroxylation sites is 1. The lowest BCUT2D eigenvalue weighted by Gasteiger charge is -2.28. The number of nitrogens with zero attached hydrogens (tertiary/aromatic N) is 5. The molecule has 2 aromatic heterocycles. The highest BCUT2D eigenvalue weighted by Crippen LogP contribution is 2.28. The Morgan fingerprint density at radius 1 is 1.14 bits per heavy atom.